The molecule has 0 radical (unpaired) electrons. The highest BCUT2D eigenvalue weighted by molar-refractivity contribution is 5.80. The van der Waals surface area contributed by atoms with Gasteiger partial charge in [0.15, 0.2) is 0 Å². The van der Waals surface area contributed by atoms with E-state index >= 15 is 0 Å². The Bertz CT molecular complexity index is 819. The van der Waals surface area contributed by atoms with Gasteiger partial charge in [-0.15, -0.1) is 0 Å². The smallest absolute Gasteiger partial charge is 0.230 e. The van der Waals surface area contributed by atoms with Crippen LogP contribution in [0.4, 0.5) is 0 Å². The van der Waals surface area contributed by atoms with Crippen LogP contribution in [0.5, 0.6) is 0 Å². The van der Waals surface area contributed by atoms with E-state index in [9.17, 15) is 4.79 Å². The second-order valence-corrected chi connectivity index (χ2v) is 8.94. The number of nitrogens with zero attached hydrogens (tertiary/aromatic N) is 2. The lowest BCUT2D eigenvalue weighted by atomic mass is 9.83. The molecule has 2 heterocycles. The third-order valence-corrected chi connectivity index (χ3v) is 6.75. The van der Waals surface area contributed by atoms with Gasteiger partial charge in [0.1, 0.15) is 0 Å². The first-order chi connectivity index (χ1) is 14.6. The molecule has 5 heteroatoms. The van der Waals surface area contributed by atoms with Crippen molar-refractivity contribution < 1.29 is 9.53 Å². The number of amides is 1. The topological polar surface area (TPSA) is 44.8 Å². The SMILES string of the molecule is COC1=C2CCN(C(=O)Cc3ccc(C(C)C)cc3)C=C2C(N2CCNCC2)CC1. The summed E-state index contributed by atoms with van der Waals surface area (Å²) >= 11 is 0. The number of rotatable bonds is 5. The zero-order valence-corrected chi connectivity index (χ0v) is 18.6. The largest absolute Gasteiger partial charge is 0.501 e. The molecular weight excluding hydrogens is 374 g/mol. The summed E-state index contributed by atoms with van der Waals surface area (Å²) in [7, 11) is 1.78. The average Bonchev–Trinajstić information content (AvgIpc) is 2.78. The fraction of sp³-hybridized carbons (Fsp3) is 0.560. The molecule has 1 atom stereocenters. The molecule has 1 aromatic rings. The molecule has 162 valence electrons. The molecule has 0 saturated carbocycles. The van der Waals surface area contributed by atoms with Gasteiger partial charge in [-0.25, -0.2) is 0 Å². The Hall–Kier alpha value is -2.11. The normalized spacial score (nSPS) is 22.7. The summed E-state index contributed by atoms with van der Waals surface area (Å²) in [5.74, 6) is 1.81. The molecule has 30 heavy (non-hydrogen) atoms. The van der Waals surface area contributed by atoms with E-state index in [-0.39, 0.29) is 5.91 Å². The first kappa shape index (κ1) is 21.1. The Kier molecular flexibility index (Phi) is 6.59. The van der Waals surface area contributed by atoms with Crippen LogP contribution in [0.15, 0.2) is 47.4 Å². The van der Waals surface area contributed by atoms with Gasteiger partial charge >= 0.3 is 0 Å². The summed E-state index contributed by atoms with van der Waals surface area (Å²) in [5.41, 5.74) is 5.03. The van der Waals surface area contributed by atoms with Gasteiger partial charge in [0.05, 0.1) is 19.3 Å². The number of carbonyl (C=O) groups excluding carboxylic acids is 1. The number of nitrogens with one attached hydrogen (secondary N) is 1. The van der Waals surface area contributed by atoms with E-state index < -0.39 is 0 Å². The fourth-order valence-electron chi connectivity index (χ4n) is 4.94. The molecule has 5 nitrogen and oxygen atoms in total. The zero-order chi connectivity index (χ0) is 21.1. The van der Waals surface area contributed by atoms with Crippen LogP contribution in [-0.2, 0) is 16.0 Å². The van der Waals surface area contributed by atoms with E-state index in [4.69, 9.17) is 4.74 Å². The van der Waals surface area contributed by atoms with Crippen LogP contribution in [0.3, 0.4) is 0 Å². The highest BCUT2D eigenvalue weighted by Gasteiger charge is 2.35. The summed E-state index contributed by atoms with van der Waals surface area (Å²) in [5, 5.41) is 3.45. The Morgan fingerprint density at radius 2 is 1.87 bits per heavy atom. The van der Waals surface area contributed by atoms with Gasteiger partial charge < -0.3 is 15.0 Å². The van der Waals surface area contributed by atoms with Gasteiger partial charge in [-0.1, -0.05) is 38.1 Å². The van der Waals surface area contributed by atoms with Gasteiger partial charge in [-0.3, -0.25) is 9.69 Å². The predicted molar refractivity (Wildman–Crippen MR) is 120 cm³/mol. The highest BCUT2D eigenvalue weighted by Crippen LogP contribution is 2.38. The van der Waals surface area contributed by atoms with Crippen molar-refractivity contribution in [2.75, 3.05) is 39.8 Å². The van der Waals surface area contributed by atoms with E-state index in [2.05, 4.69) is 54.5 Å². The number of piperazine rings is 1. The van der Waals surface area contributed by atoms with Crippen molar-refractivity contribution in [3.63, 3.8) is 0 Å². The molecule has 1 N–H and O–H groups in total. The maximum atomic E-state index is 13.1. The monoisotopic (exact) mass is 409 g/mol. The van der Waals surface area contributed by atoms with E-state index in [1.807, 2.05) is 4.90 Å². The molecule has 0 aromatic heterocycles. The Labute approximate surface area is 180 Å². The summed E-state index contributed by atoms with van der Waals surface area (Å²) < 4.78 is 5.72. The standard InChI is InChI=1S/C25H35N3O2/c1-18(2)20-6-4-19(5-7-20)16-25(29)28-13-10-21-22(17-28)23(8-9-24(21)30-3)27-14-11-26-12-15-27/h4-7,17-18,23,26H,8-16H2,1-3H3. The fourth-order valence-corrected chi connectivity index (χ4v) is 4.94. The predicted octanol–water partition coefficient (Wildman–Crippen LogP) is 3.44. The number of carbonyl (C=O) groups is 1. The van der Waals surface area contributed by atoms with Crippen molar-refractivity contribution in [2.24, 2.45) is 0 Å². The lowest BCUT2D eigenvalue weighted by molar-refractivity contribution is -0.128. The minimum Gasteiger partial charge on any atom is -0.501 e. The molecule has 1 saturated heterocycles. The number of allylic oxidation sites excluding steroid dienone is 1. The van der Waals surface area contributed by atoms with Crippen LogP contribution in [0, 0.1) is 0 Å². The van der Waals surface area contributed by atoms with Crippen LogP contribution in [-0.4, -0.2) is 61.6 Å². The van der Waals surface area contributed by atoms with Crippen LogP contribution >= 0.6 is 0 Å². The summed E-state index contributed by atoms with van der Waals surface area (Å²) in [6, 6.07) is 8.89. The van der Waals surface area contributed by atoms with Crippen molar-refractivity contribution in [2.45, 2.75) is 51.5 Å². The average molecular weight is 410 g/mol. The molecule has 0 spiro atoms. The summed E-state index contributed by atoms with van der Waals surface area (Å²) in [4.78, 5) is 17.6. The van der Waals surface area contributed by atoms with E-state index in [1.165, 1.54) is 16.7 Å². The molecule has 4 rings (SSSR count). The van der Waals surface area contributed by atoms with Crippen LogP contribution in [0.25, 0.3) is 0 Å². The van der Waals surface area contributed by atoms with Crippen LogP contribution < -0.4 is 5.32 Å². The van der Waals surface area contributed by atoms with Crippen molar-refractivity contribution in [1.82, 2.24) is 15.1 Å². The van der Waals surface area contributed by atoms with E-state index in [1.54, 1.807) is 7.11 Å². The molecule has 0 bridgehead atoms. The van der Waals surface area contributed by atoms with Crippen LogP contribution in [0.1, 0.15) is 50.2 Å². The minimum absolute atomic E-state index is 0.183. The number of methoxy groups -OCH3 is 1. The van der Waals surface area contributed by atoms with Crippen molar-refractivity contribution in [1.29, 1.82) is 0 Å². The Balaban J connectivity index is 1.53. The van der Waals surface area contributed by atoms with Gasteiger partial charge in [0, 0.05) is 51.4 Å². The van der Waals surface area contributed by atoms with Crippen molar-refractivity contribution in [3.05, 3.63) is 58.5 Å². The highest BCUT2D eigenvalue weighted by atomic mass is 16.5. The number of ether oxygens (including phenoxy) is 1. The third kappa shape index (κ3) is 4.47. The summed E-state index contributed by atoms with van der Waals surface area (Å²) in [6.45, 7) is 9.32. The minimum atomic E-state index is 0.183. The quantitative estimate of drug-likeness (QED) is 0.809. The molecule has 1 fully saturated rings. The Morgan fingerprint density at radius 1 is 1.13 bits per heavy atom. The molecule has 1 amide bonds. The van der Waals surface area contributed by atoms with Gasteiger partial charge in [0.2, 0.25) is 5.91 Å². The summed E-state index contributed by atoms with van der Waals surface area (Å²) in [6.07, 6.45) is 5.53. The lowest BCUT2D eigenvalue weighted by Gasteiger charge is -2.42. The maximum absolute atomic E-state index is 13.1. The first-order valence-corrected chi connectivity index (χ1v) is 11.4. The van der Waals surface area contributed by atoms with Gasteiger partial charge in [-0.05, 0) is 41.0 Å². The Morgan fingerprint density at radius 3 is 2.53 bits per heavy atom. The molecule has 3 aliphatic rings. The second-order valence-electron chi connectivity index (χ2n) is 8.94. The number of hydrogen-bond acceptors (Lipinski definition) is 4. The molecule has 1 aromatic carbocycles. The molecular formula is C25H35N3O2. The van der Waals surface area contributed by atoms with E-state index in [0.29, 0.717) is 18.4 Å². The van der Waals surface area contributed by atoms with Gasteiger partial charge in [-0.2, -0.15) is 0 Å². The zero-order valence-electron chi connectivity index (χ0n) is 18.6. The maximum Gasteiger partial charge on any atom is 0.230 e. The number of fused-ring (bicyclic) bond motifs is 1. The molecule has 1 unspecified atom stereocenters. The van der Waals surface area contributed by atoms with Crippen LogP contribution in [0.2, 0.25) is 0 Å². The molecule has 2 aliphatic heterocycles. The second kappa shape index (κ2) is 9.36. The third-order valence-electron chi connectivity index (χ3n) is 6.75. The van der Waals surface area contributed by atoms with Gasteiger partial charge in [0.25, 0.3) is 0 Å². The number of benzene rings is 1. The van der Waals surface area contributed by atoms with Crippen molar-refractivity contribution >= 4 is 5.91 Å². The number of hydrogen-bond donors (Lipinski definition) is 1. The lowest BCUT2D eigenvalue weighted by Crippen LogP contribution is -2.51. The van der Waals surface area contributed by atoms with E-state index in [0.717, 1.165) is 63.3 Å². The first-order valence-electron chi connectivity index (χ1n) is 11.4. The molecule has 1 aliphatic carbocycles. The van der Waals surface area contributed by atoms with Crippen molar-refractivity contribution in [3.8, 4) is 0 Å².